The molecule has 116 valence electrons. The average Bonchev–Trinajstić information content (AvgIpc) is 2.47. The van der Waals surface area contributed by atoms with Crippen molar-refractivity contribution in [2.24, 2.45) is 5.92 Å². The van der Waals surface area contributed by atoms with Crippen LogP contribution in [0.3, 0.4) is 0 Å². The molecule has 21 heavy (non-hydrogen) atoms. The van der Waals surface area contributed by atoms with Gasteiger partial charge in [-0.15, -0.1) is 0 Å². The molecule has 0 bridgehead atoms. The number of hydrogen-bond donors (Lipinski definition) is 1. The zero-order valence-electron chi connectivity index (χ0n) is 13.8. The molecule has 0 radical (unpaired) electrons. The molecule has 1 heterocycles. The fourth-order valence-corrected chi connectivity index (χ4v) is 3.03. The number of carbonyl (C=O) groups is 1. The zero-order valence-corrected chi connectivity index (χ0v) is 13.8. The Morgan fingerprint density at radius 1 is 1.24 bits per heavy atom. The topological polar surface area (TPSA) is 32.3 Å². The lowest BCUT2D eigenvalue weighted by Crippen LogP contribution is -2.31. The van der Waals surface area contributed by atoms with Crippen molar-refractivity contribution in [2.45, 2.75) is 52.5 Å². The van der Waals surface area contributed by atoms with Crippen molar-refractivity contribution in [3.63, 3.8) is 0 Å². The Morgan fingerprint density at radius 2 is 2.00 bits per heavy atom. The maximum atomic E-state index is 11.8. The average molecular weight is 288 g/mol. The molecule has 1 aliphatic rings. The van der Waals surface area contributed by atoms with Crippen LogP contribution in [0.5, 0.6) is 0 Å². The van der Waals surface area contributed by atoms with Gasteiger partial charge < -0.3 is 10.2 Å². The molecule has 1 N–H and O–H groups in total. The van der Waals surface area contributed by atoms with Gasteiger partial charge in [-0.2, -0.15) is 0 Å². The molecule has 3 heteroatoms. The summed E-state index contributed by atoms with van der Waals surface area (Å²) in [4.78, 5) is 13.6. The number of nitrogens with one attached hydrogen (secondary N) is 1. The number of benzene rings is 1. The molecule has 0 aromatic heterocycles. The van der Waals surface area contributed by atoms with Crippen molar-refractivity contribution < 1.29 is 4.79 Å². The summed E-state index contributed by atoms with van der Waals surface area (Å²) in [5.74, 6) is 0.950. The van der Waals surface area contributed by atoms with Gasteiger partial charge in [0.05, 0.1) is 0 Å². The van der Waals surface area contributed by atoms with Gasteiger partial charge in [-0.3, -0.25) is 4.79 Å². The standard InChI is InChI=1S/C18H28N2O/c1-5-19-16(9-6-13(2)3)14-7-10-17-15(12-14)8-11-18(21)20(17)4/h7,10,12-13,16,19H,5-6,8-9,11H2,1-4H3. The van der Waals surface area contributed by atoms with Crippen LogP contribution < -0.4 is 10.2 Å². The van der Waals surface area contributed by atoms with Crippen molar-refractivity contribution >= 4 is 11.6 Å². The van der Waals surface area contributed by atoms with Crippen LogP contribution in [0.15, 0.2) is 18.2 Å². The van der Waals surface area contributed by atoms with Gasteiger partial charge in [-0.05, 0) is 48.9 Å². The first kappa shape index (κ1) is 16.0. The Morgan fingerprint density at radius 3 is 2.67 bits per heavy atom. The molecule has 1 aromatic carbocycles. The van der Waals surface area contributed by atoms with Crippen LogP contribution in [0.1, 0.15) is 57.2 Å². The van der Waals surface area contributed by atoms with Crippen LogP contribution in [0.2, 0.25) is 0 Å². The highest BCUT2D eigenvalue weighted by Gasteiger charge is 2.22. The molecule has 1 atom stereocenters. The number of carbonyl (C=O) groups excluding carboxylic acids is 1. The van der Waals surface area contributed by atoms with Gasteiger partial charge >= 0.3 is 0 Å². The van der Waals surface area contributed by atoms with E-state index in [-0.39, 0.29) is 5.91 Å². The van der Waals surface area contributed by atoms with E-state index >= 15 is 0 Å². The van der Waals surface area contributed by atoms with Crippen LogP contribution in [-0.4, -0.2) is 19.5 Å². The highest BCUT2D eigenvalue weighted by atomic mass is 16.2. The summed E-state index contributed by atoms with van der Waals surface area (Å²) in [6.07, 6.45) is 3.90. The van der Waals surface area contributed by atoms with Gasteiger partial charge in [-0.25, -0.2) is 0 Å². The van der Waals surface area contributed by atoms with Crippen molar-refractivity contribution in [1.82, 2.24) is 5.32 Å². The molecule has 0 saturated carbocycles. The molecule has 0 fully saturated rings. The van der Waals surface area contributed by atoms with Crippen molar-refractivity contribution in [3.8, 4) is 0 Å². The number of amides is 1. The van der Waals surface area contributed by atoms with Gasteiger partial charge in [0.25, 0.3) is 0 Å². The summed E-state index contributed by atoms with van der Waals surface area (Å²) in [5, 5.41) is 3.60. The fourth-order valence-electron chi connectivity index (χ4n) is 3.03. The Balaban J connectivity index is 2.20. The number of fused-ring (bicyclic) bond motifs is 1. The fraction of sp³-hybridized carbons (Fsp3) is 0.611. The summed E-state index contributed by atoms with van der Waals surface area (Å²) in [7, 11) is 1.88. The molecule has 0 spiro atoms. The van der Waals surface area contributed by atoms with Gasteiger partial charge in [0.15, 0.2) is 0 Å². The highest BCUT2D eigenvalue weighted by molar-refractivity contribution is 5.95. The second-order valence-corrected chi connectivity index (χ2v) is 6.42. The van der Waals surface area contributed by atoms with Gasteiger partial charge in [-0.1, -0.05) is 32.9 Å². The van der Waals surface area contributed by atoms with Crippen LogP contribution >= 0.6 is 0 Å². The van der Waals surface area contributed by atoms with Crippen molar-refractivity contribution in [3.05, 3.63) is 29.3 Å². The Kier molecular flexibility index (Phi) is 5.40. The minimum absolute atomic E-state index is 0.221. The lowest BCUT2D eigenvalue weighted by atomic mass is 9.93. The smallest absolute Gasteiger partial charge is 0.227 e. The first-order chi connectivity index (χ1) is 10.0. The predicted molar refractivity (Wildman–Crippen MR) is 88.7 cm³/mol. The summed E-state index contributed by atoms with van der Waals surface area (Å²) >= 11 is 0. The second kappa shape index (κ2) is 7.08. The van der Waals surface area contributed by atoms with E-state index in [1.165, 1.54) is 24.0 Å². The van der Waals surface area contributed by atoms with Gasteiger partial charge in [0.2, 0.25) is 5.91 Å². The number of anilines is 1. The van der Waals surface area contributed by atoms with E-state index in [1.807, 2.05) is 7.05 Å². The minimum Gasteiger partial charge on any atom is -0.315 e. The van der Waals surface area contributed by atoms with Crippen molar-refractivity contribution in [1.29, 1.82) is 0 Å². The van der Waals surface area contributed by atoms with E-state index in [9.17, 15) is 4.79 Å². The van der Waals surface area contributed by atoms with Crippen LogP contribution in [0.4, 0.5) is 5.69 Å². The van der Waals surface area contributed by atoms with Crippen LogP contribution in [0.25, 0.3) is 0 Å². The molecule has 1 unspecified atom stereocenters. The first-order valence-corrected chi connectivity index (χ1v) is 8.15. The molecular weight excluding hydrogens is 260 g/mol. The number of aryl methyl sites for hydroxylation is 1. The van der Waals surface area contributed by atoms with Crippen LogP contribution in [-0.2, 0) is 11.2 Å². The maximum absolute atomic E-state index is 11.8. The summed E-state index contributed by atoms with van der Waals surface area (Å²) in [6.45, 7) is 7.69. The molecule has 0 saturated heterocycles. The maximum Gasteiger partial charge on any atom is 0.227 e. The van der Waals surface area contributed by atoms with Crippen LogP contribution in [0, 0.1) is 5.92 Å². The summed E-state index contributed by atoms with van der Waals surface area (Å²) < 4.78 is 0. The number of nitrogens with zero attached hydrogens (tertiary/aromatic N) is 1. The van der Waals surface area contributed by atoms with Gasteiger partial charge in [0, 0.05) is 25.2 Å². The van der Waals surface area contributed by atoms with Crippen molar-refractivity contribution in [2.75, 3.05) is 18.5 Å². The lowest BCUT2D eigenvalue weighted by Gasteiger charge is -2.28. The quantitative estimate of drug-likeness (QED) is 0.866. The SMILES string of the molecule is CCNC(CCC(C)C)c1ccc2c(c1)CCC(=O)N2C. The molecule has 0 aliphatic carbocycles. The largest absolute Gasteiger partial charge is 0.315 e. The Bertz CT molecular complexity index is 496. The van der Waals surface area contributed by atoms with Gasteiger partial charge in [0.1, 0.15) is 0 Å². The normalized spacial score (nSPS) is 16.2. The van der Waals surface area contributed by atoms with E-state index in [1.54, 1.807) is 4.90 Å². The monoisotopic (exact) mass is 288 g/mol. The third kappa shape index (κ3) is 3.85. The van der Waals surface area contributed by atoms with E-state index in [0.29, 0.717) is 12.5 Å². The summed E-state index contributed by atoms with van der Waals surface area (Å²) in [5.41, 5.74) is 3.75. The Hall–Kier alpha value is -1.35. The minimum atomic E-state index is 0.221. The second-order valence-electron chi connectivity index (χ2n) is 6.42. The molecule has 1 amide bonds. The van der Waals surface area contributed by atoms with E-state index in [4.69, 9.17) is 0 Å². The zero-order chi connectivity index (χ0) is 15.4. The summed E-state index contributed by atoms with van der Waals surface area (Å²) in [6, 6.07) is 7.01. The first-order valence-electron chi connectivity index (χ1n) is 8.15. The third-order valence-electron chi connectivity index (χ3n) is 4.33. The van der Waals surface area contributed by atoms with E-state index < -0.39 is 0 Å². The lowest BCUT2D eigenvalue weighted by molar-refractivity contribution is -0.118. The Labute approximate surface area is 128 Å². The third-order valence-corrected chi connectivity index (χ3v) is 4.33. The molecule has 1 aromatic rings. The number of rotatable bonds is 6. The molecule has 2 rings (SSSR count). The molecule has 1 aliphatic heterocycles. The molecular formula is C18H28N2O. The van der Waals surface area contributed by atoms with E-state index in [2.05, 4.69) is 44.3 Å². The van der Waals surface area contributed by atoms with E-state index in [0.717, 1.165) is 24.6 Å². The number of hydrogen-bond acceptors (Lipinski definition) is 2. The predicted octanol–water partition coefficient (Wildman–Crippen LogP) is 3.68. The highest BCUT2D eigenvalue weighted by Crippen LogP contribution is 2.31. The molecule has 3 nitrogen and oxygen atoms in total.